The standard InChI is InChI=1S/C18H29N3O3/c1-13(2)17(24-4)11-19-18(22)20-14-9-10-21(12-14)15-7-5-6-8-16(15)23-3/h5-8,13-14,17H,9-12H2,1-4H3,(H2,19,20,22). The van der Waals surface area contributed by atoms with E-state index in [1.807, 2.05) is 24.3 Å². The molecule has 6 nitrogen and oxygen atoms in total. The van der Waals surface area contributed by atoms with Crippen LogP contribution >= 0.6 is 0 Å². The second-order valence-corrected chi connectivity index (χ2v) is 6.48. The number of nitrogens with one attached hydrogen (secondary N) is 2. The van der Waals surface area contributed by atoms with E-state index in [0.29, 0.717) is 12.5 Å². The van der Waals surface area contributed by atoms with Crippen LogP contribution in [-0.2, 0) is 4.74 Å². The van der Waals surface area contributed by atoms with Gasteiger partial charge in [0.25, 0.3) is 0 Å². The SMILES string of the molecule is COc1ccccc1N1CCC(NC(=O)NCC(OC)C(C)C)C1. The monoisotopic (exact) mass is 335 g/mol. The molecule has 2 amide bonds. The summed E-state index contributed by atoms with van der Waals surface area (Å²) in [6, 6.07) is 7.97. The molecule has 2 rings (SSSR count). The number of rotatable bonds is 7. The normalized spacial score (nSPS) is 18.5. The predicted molar refractivity (Wildman–Crippen MR) is 95.8 cm³/mol. The lowest BCUT2D eigenvalue weighted by Crippen LogP contribution is -2.46. The zero-order valence-corrected chi connectivity index (χ0v) is 15.0. The minimum Gasteiger partial charge on any atom is -0.495 e. The molecule has 1 aromatic rings. The van der Waals surface area contributed by atoms with Crippen molar-refractivity contribution in [3.8, 4) is 5.75 Å². The number of benzene rings is 1. The molecule has 1 aliphatic heterocycles. The fraction of sp³-hybridized carbons (Fsp3) is 0.611. The summed E-state index contributed by atoms with van der Waals surface area (Å²) in [5.74, 6) is 1.23. The number of para-hydroxylation sites is 2. The summed E-state index contributed by atoms with van der Waals surface area (Å²) in [6.45, 7) is 6.36. The molecule has 134 valence electrons. The molecule has 0 bridgehead atoms. The average molecular weight is 335 g/mol. The van der Waals surface area contributed by atoms with Gasteiger partial charge in [0.15, 0.2) is 0 Å². The molecule has 1 aromatic carbocycles. The number of carbonyl (C=O) groups is 1. The van der Waals surface area contributed by atoms with Crippen molar-refractivity contribution in [2.24, 2.45) is 5.92 Å². The molecule has 1 heterocycles. The van der Waals surface area contributed by atoms with E-state index in [2.05, 4.69) is 29.4 Å². The van der Waals surface area contributed by atoms with E-state index in [1.54, 1.807) is 14.2 Å². The van der Waals surface area contributed by atoms with E-state index in [0.717, 1.165) is 30.9 Å². The molecule has 1 saturated heterocycles. The summed E-state index contributed by atoms with van der Waals surface area (Å²) in [5, 5.41) is 5.95. The van der Waals surface area contributed by atoms with E-state index < -0.39 is 0 Å². The molecule has 6 heteroatoms. The third kappa shape index (κ3) is 4.77. The molecule has 2 N–H and O–H groups in total. The Morgan fingerprint density at radius 1 is 1.33 bits per heavy atom. The molecule has 2 atom stereocenters. The minimum atomic E-state index is -0.135. The van der Waals surface area contributed by atoms with E-state index in [-0.39, 0.29) is 18.2 Å². The Bertz CT molecular complexity index is 536. The van der Waals surface area contributed by atoms with Crippen LogP contribution in [0.1, 0.15) is 20.3 Å². The lowest BCUT2D eigenvalue weighted by atomic mass is 10.1. The van der Waals surface area contributed by atoms with Crippen LogP contribution in [0.3, 0.4) is 0 Å². The Labute approximate surface area is 144 Å². The van der Waals surface area contributed by atoms with Gasteiger partial charge in [-0.05, 0) is 24.5 Å². The number of urea groups is 1. The Hall–Kier alpha value is -1.95. The third-order valence-electron chi connectivity index (χ3n) is 4.46. The van der Waals surface area contributed by atoms with Gasteiger partial charge in [-0.15, -0.1) is 0 Å². The maximum atomic E-state index is 12.1. The lowest BCUT2D eigenvalue weighted by Gasteiger charge is -2.22. The number of amides is 2. The Balaban J connectivity index is 1.82. The average Bonchev–Trinajstić information content (AvgIpc) is 3.03. The van der Waals surface area contributed by atoms with E-state index >= 15 is 0 Å². The van der Waals surface area contributed by atoms with E-state index in [1.165, 1.54) is 0 Å². The van der Waals surface area contributed by atoms with Gasteiger partial charge in [-0.1, -0.05) is 26.0 Å². The molecular weight excluding hydrogens is 306 g/mol. The van der Waals surface area contributed by atoms with Crippen molar-refractivity contribution in [3.63, 3.8) is 0 Å². The maximum absolute atomic E-state index is 12.1. The van der Waals surface area contributed by atoms with Gasteiger partial charge < -0.3 is 25.0 Å². The molecule has 0 spiro atoms. The summed E-state index contributed by atoms with van der Waals surface area (Å²) in [7, 11) is 3.35. The van der Waals surface area contributed by atoms with Crippen LogP contribution in [0.15, 0.2) is 24.3 Å². The van der Waals surface area contributed by atoms with Gasteiger partial charge >= 0.3 is 6.03 Å². The number of methoxy groups -OCH3 is 2. The molecule has 0 radical (unpaired) electrons. The highest BCUT2D eigenvalue weighted by Gasteiger charge is 2.26. The molecular formula is C18H29N3O3. The first-order valence-electron chi connectivity index (χ1n) is 8.50. The number of hydrogen-bond donors (Lipinski definition) is 2. The quantitative estimate of drug-likeness (QED) is 0.802. The fourth-order valence-electron chi connectivity index (χ4n) is 3.01. The van der Waals surface area contributed by atoms with Crippen LogP contribution in [0, 0.1) is 5.92 Å². The third-order valence-corrected chi connectivity index (χ3v) is 4.46. The maximum Gasteiger partial charge on any atom is 0.315 e. The van der Waals surface area contributed by atoms with Crippen LogP contribution in [0.25, 0.3) is 0 Å². The number of hydrogen-bond acceptors (Lipinski definition) is 4. The lowest BCUT2D eigenvalue weighted by molar-refractivity contribution is 0.0666. The molecule has 0 aliphatic carbocycles. The van der Waals surface area contributed by atoms with Gasteiger partial charge in [-0.2, -0.15) is 0 Å². The molecule has 0 saturated carbocycles. The van der Waals surface area contributed by atoms with Crippen LogP contribution in [-0.4, -0.2) is 52.0 Å². The highest BCUT2D eigenvalue weighted by Crippen LogP contribution is 2.30. The molecule has 1 fully saturated rings. The molecule has 1 aliphatic rings. The van der Waals surface area contributed by atoms with Crippen molar-refractivity contribution in [3.05, 3.63) is 24.3 Å². The van der Waals surface area contributed by atoms with Gasteiger partial charge in [0.05, 0.1) is 18.9 Å². The van der Waals surface area contributed by atoms with Crippen molar-refractivity contribution in [1.82, 2.24) is 10.6 Å². The first kappa shape index (κ1) is 18.4. The summed E-state index contributed by atoms with van der Waals surface area (Å²) in [4.78, 5) is 14.3. The van der Waals surface area contributed by atoms with Crippen molar-refractivity contribution in [2.75, 3.05) is 38.8 Å². The topological polar surface area (TPSA) is 62.8 Å². The van der Waals surface area contributed by atoms with Gasteiger partial charge in [-0.3, -0.25) is 0 Å². The van der Waals surface area contributed by atoms with Gasteiger partial charge in [0, 0.05) is 32.8 Å². The number of carbonyl (C=O) groups excluding carboxylic acids is 1. The van der Waals surface area contributed by atoms with Crippen LogP contribution < -0.4 is 20.3 Å². The summed E-state index contributed by atoms with van der Waals surface area (Å²) >= 11 is 0. The minimum absolute atomic E-state index is 0.0319. The van der Waals surface area contributed by atoms with Crippen molar-refractivity contribution >= 4 is 11.7 Å². The first-order chi connectivity index (χ1) is 11.5. The highest BCUT2D eigenvalue weighted by atomic mass is 16.5. The van der Waals surface area contributed by atoms with Gasteiger partial charge in [0.1, 0.15) is 5.75 Å². The number of ether oxygens (including phenoxy) is 2. The van der Waals surface area contributed by atoms with Crippen molar-refractivity contribution in [1.29, 1.82) is 0 Å². The van der Waals surface area contributed by atoms with Crippen molar-refractivity contribution in [2.45, 2.75) is 32.4 Å². The molecule has 24 heavy (non-hydrogen) atoms. The zero-order valence-electron chi connectivity index (χ0n) is 15.0. The van der Waals surface area contributed by atoms with Gasteiger partial charge in [0.2, 0.25) is 0 Å². The fourth-order valence-corrected chi connectivity index (χ4v) is 3.01. The first-order valence-corrected chi connectivity index (χ1v) is 8.50. The second-order valence-electron chi connectivity index (χ2n) is 6.48. The largest absolute Gasteiger partial charge is 0.495 e. The smallest absolute Gasteiger partial charge is 0.315 e. The predicted octanol–water partition coefficient (Wildman–Crippen LogP) is 2.24. The Kier molecular flexibility index (Phi) is 6.73. The number of nitrogens with zero attached hydrogens (tertiary/aromatic N) is 1. The molecule has 2 unspecified atom stereocenters. The Morgan fingerprint density at radius 3 is 2.75 bits per heavy atom. The summed E-state index contributed by atoms with van der Waals surface area (Å²) in [6.07, 6.45) is 0.952. The van der Waals surface area contributed by atoms with E-state index in [9.17, 15) is 4.79 Å². The summed E-state index contributed by atoms with van der Waals surface area (Å²) in [5.41, 5.74) is 1.07. The van der Waals surface area contributed by atoms with Crippen LogP contribution in [0.4, 0.5) is 10.5 Å². The summed E-state index contributed by atoms with van der Waals surface area (Å²) < 4.78 is 10.8. The number of anilines is 1. The highest BCUT2D eigenvalue weighted by molar-refractivity contribution is 5.74. The van der Waals surface area contributed by atoms with Crippen LogP contribution in [0.5, 0.6) is 5.75 Å². The second kappa shape index (κ2) is 8.78. The van der Waals surface area contributed by atoms with Gasteiger partial charge in [-0.25, -0.2) is 4.79 Å². The van der Waals surface area contributed by atoms with Crippen LogP contribution in [0.2, 0.25) is 0 Å². The van der Waals surface area contributed by atoms with Crippen molar-refractivity contribution < 1.29 is 14.3 Å². The Morgan fingerprint density at radius 2 is 2.08 bits per heavy atom. The van der Waals surface area contributed by atoms with E-state index in [4.69, 9.17) is 9.47 Å². The zero-order chi connectivity index (χ0) is 17.5. The molecule has 0 aromatic heterocycles.